The van der Waals surface area contributed by atoms with E-state index in [9.17, 15) is 4.55 Å². The molecule has 2 aromatic heterocycles. The van der Waals surface area contributed by atoms with E-state index in [0.29, 0.717) is 5.16 Å². The molecule has 130 valence electrons. The number of aromatic nitrogens is 3. The number of pyridine rings is 1. The molecule has 0 fully saturated rings. The van der Waals surface area contributed by atoms with Crippen molar-refractivity contribution in [2.75, 3.05) is 14.2 Å². The van der Waals surface area contributed by atoms with Crippen molar-refractivity contribution in [3.05, 3.63) is 41.2 Å². The molecule has 3 rings (SSSR count). The van der Waals surface area contributed by atoms with Gasteiger partial charge in [-0.1, -0.05) is 0 Å². The van der Waals surface area contributed by atoms with Gasteiger partial charge in [0.1, 0.15) is 11.5 Å². The Morgan fingerprint density at radius 3 is 2.64 bits per heavy atom. The van der Waals surface area contributed by atoms with Gasteiger partial charge in [0, 0.05) is 34.6 Å². The number of imidazole rings is 1. The van der Waals surface area contributed by atoms with E-state index in [4.69, 9.17) is 9.47 Å². The van der Waals surface area contributed by atoms with Crippen LogP contribution in [0.3, 0.4) is 0 Å². The Hall–Kier alpha value is -0.679. The average Bonchev–Trinajstić information content (AvgIpc) is 3.01. The second-order valence-corrected chi connectivity index (χ2v) is 6.83. The van der Waals surface area contributed by atoms with E-state index in [0.717, 1.165) is 39.4 Å². The number of ether oxygens (including phenoxy) is 2. The molecular weight excluding hydrogens is 464 g/mol. The third kappa shape index (κ3) is 4.36. The number of fused-ring (bicyclic) bond motifs is 1. The number of nitrogens with zero attached hydrogens (tertiary/aromatic N) is 2. The van der Waals surface area contributed by atoms with Gasteiger partial charge in [0.2, 0.25) is 0 Å². The van der Waals surface area contributed by atoms with Crippen LogP contribution in [0.5, 0.6) is 11.5 Å². The van der Waals surface area contributed by atoms with Gasteiger partial charge >= 0.3 is 54.0 Å². The van der Waals surface area contributed by atoms with Crippen molar-refractivity contribution < 1.29 is 14.0 Å². The minimum absolute atomic E-state index is 0. The zero-order valence-corrected chi connectivity index (χ0v) is 14.9. The summed E-state index contributed by atoms with van der Waals surface area (Å²) in [7, 11) is 3.23. The number of hydrogen-bond donors (Lipinski definition) is 1. The van der Waals surface area contributed by atoms with Gasteiger partial charge < -0.3 is 14.0 Å². The molecule has 1 atom stereocenters. The van der Waals surface area contributed by atoms with Crippen LogP contribution in [0.4, 0.5) is 0 Å². The molecule has 0 saturated heterocycles. The summed E-state index contributed by atoms with van der Waals surface area (Å²) in [5.41, 5.74) is 4.16. The van der Waals surface area contributed by atoms with Crippen LogP contribution < -0.4 is 9.47 Å². The molecule has 0 aliphatic carbocycles. The zero-order valence-electron chi connectivity index (χ0n) is 14.0. The second kappa shape index (κ2) is 8.81. The van der Waals surface area contributed by atoms with E-state index in [-0.39, 0.29) is 54.6 Å². The maximum absolute atomic E-state index is 12.7. The molecule has 6 nitrogen and oxygen atoms in total. The van der Waals surface area contributed by atoms with Crippen molar-refractivity contribution in [1.82, 2.24) is 15.0 Å². The molecule has 3 aromatic rings. The Balaban J connectivity index is 0.00000225. The molecule has 0 spiro atoms. The summed E-state index contributed by atoms with van der Waals surface area (Å²) >= 11 is -1.33. The van der Waals surface area contributed by atoms with Crippen LogP contribution >= 0.6 is 0 Å². The normalized spacial score (nSPS) is 11.9. The second-order valence-electron chi connectivity index (χ2n) is 5.46. The summed E-state index contributed by atoms with van der Waals surface area (Å²) in [4.78, 5) is 11.9. The molecule has 0 aliphatic rings. The van der Waals surface area contributed by atoms with Crippen molar-refractivity contribution >= 4 is 71.1 Å². The first-order valence-electron chi connectivity index (χ1n) is 7.44. The third-order valence-corrected chi connectivity index (χ3v) is 5.06. The van der Waals surface area contributed by atoms with Crippen LogP contribution in [0, 0.1) is 13.8 Å². The SMILES string of the molecule is COc1ccc2nc([S@+]([O-])Cc3ncc(C)c(OC)c3C)[nH]c2c1.[BaH2]. The molecule has 1 aromatic carbocycles. The van der Waals surface area contributed by atoms with Crippen molar-refractivity contribution in [3.63, 3.8) is 0 Å². The van der Waals surface area contributed by atoms with Gasteiger partial charge in [-0.25, -0.2) is 0 Å². The molecular formula is C17H21BaN3O3S. The first kappa shape index (κ1) is 20.6. The molecule has 1 N–H and O–H groups in total. The minimum atomic E-state index is -1.33. The number of aromatic amines is 1. The summed E-state index contributed by atoms with van der Waals surface area (Å²) in [5, 5.41) is 0.430. The van der Waals surface area contributed by atoms with Gasteiger partial charge in [0.15, 0.2) is 5.75 Å². The Morgan fingerprint density at radius 2 is 1.96 bits per heavy atom. The molecule has 0 amide bonds. The first-order valence-corrected chi connectivity index (χ1v) is 8.76. The molecule has 0 saturated carbocycles. The summed E-state index contributed by atoms with van der Waals surface area (Å²) in [5.74, 6) is 1.79. The molecule has 0 unspecified atom stereocenters. The van der Waals surface area contributed by atoms with E-state index >= 15 is 0 Å². The number of hydrogen-bond acceptors (Lipinski definition) is 5. The van der Waals surface area contributed by atoms with Crippen LogP contribution in [0.25, 0.3) is 11.0 Å². The quantitative estimate of drug-likeness (QED) is 0.442. The number of rotatable bonds is 5. The molecule has 0 aliphatic heterocycles. The number of benzene rings is 1. The number of aryl methyl sites for hydroxylation is 1. The topological polar surface area (TPSA) is 83.1 Å². The van der Waals surface area contributed by atoms with Crippen LogP contribution in [-0.4, -0.2) is 82.6 Å². The zero-order chi connectivity index (χ0) is 17.3. The fourth-order valence-corrected chi connectivity index (χ4v) is 3.71. The Morgan fingerprint density at radius 1 is 1.20 bits per heavy atom. The van der Waals surface area contributed by atoms with Crippen molar-refractivity contribution in [3.8, 4) is 11.5 Å². The van der Waals surface area contributed by atoms with Crippen molar-refractivity contribution in [2.24, 2.45) is 0 Å². The van der Waals surface area contributed by atoms with Crippen LogP contribution in [0.15, 0.2) is 29.6 Å². The molecule has 8 heteroatoms. The average molecular weight is 485 g/mol. The number of H-pyrrole nitrogens is 1. The summed E-state index contributed by atoms with van der Waals surface area (Å²) in [6.45, 7) is 3.86. The molecule has 0 radical (unpaired) electrons. The van der Waals surface area contributed by atoms with Gasteiger partial charge in [0.25, 0.3) is 0 Å². The molecule has 0 bridgehead atoms. The summed E-state index contributed by atoms with van der Waals surface area (Å²) in [6, 6.07) is 5.50. The van der Waals surface area contributed by atoms with E-state index < -0.39 is 11.2 Å². The maximum atomic E-state index is 12.7. The monoisotopic (exact) mass is 485 g/mol. The summed E-state index contributed by atoms with van der Waals surface area (Å²) in [6.07, 6.45) is 1.74. The molecule has 25 heavy (non-hydrogen) atoms. The van der Waals surface area contributed by atoms with Gasteiger partial charge in [-0.2, -0.15) is 4.98 Å². The predicted molar refractivity (Wildman–Crippen MR) is 102 cm³/mol. The fraction of sp³-hybridized carbons (Fsp3) is 0.294. The van der Waals surface area contributed by atoms with E-state index in [1.807, 2.05) is 32.0 Å². The van der Waals surface area contributed by atoms with Gasteiger partial charge in [-0.3, -0.25) is 9.97 Å². The fourth-order valence-electron chi connectivity index (χ4n) is 2.61. The first-order chi connectivity index (χ1) is 11.5. The Bertz CT molecular complexity index is 885. The van der Waals surface area contributed by atoms with Gasteiger partial charge in [0.05, 0.1) is 30.9 Å². The van der Waals surface area contributed by atoms with E-state index in [1.54, 1.807) is 20.4 Å². The third-order valence-electron chi connectivity index (χ3n) is 3.90. The van der Waals surface area contributed by atoms with Crippen LogP contribution in [0.1, 0.15) is 16.8 Å². The summed E-state index contributed by atoms with van der Waals surface area (Å²) < 4.78 is 23.3. The number of methoxy groups -OCH3 is 2. The molecule has 2 heterocycles. The predicted octanol–water partition coefficient (Wildman–Crippen LogP) is 1.98. The van der Waals surface area contributed by atoms with Crippen LogP contribution in [0.2, 0.25) is 0 Å². The number of nitrogens with one attached hydrogen (secondary N) is 1. The standard InChI is InChI=1S/C17H19N3O3S.Ba.2H/c1-10-8-18-15(11(2)16(10)23-4)9-24(21)17-19-13-6-5-12(22-3)7-14(13)20-17;;;/h5-8H,9H2,1-4H3,(H,19,20);;;/t24-;;;/m1.../s1. The van der Waals surface area contributed by atoms with Gasteiger partial charge in [-0.05, 0) is 26.0 Å². The van der Waals surface area contributed by atoms with Crippen molar-refractivity contribution in [2.45, 2.75) is 24.8 Å². The van der Waals surface area contributed by atoms with Gasteiger partial charge in [-0.15, -0.1) is 0 Å². The Kier molecular flexibility index (Phi) is 7.27. The Labute approximate surface area is 190 Å². The van der Waals surface area contributed by atoms with E-state index in [1.165, 1.54) is 0 Å². The van der Waals surface area contributed by atoms with Crippen LogP contribution in [-0.2, 0) is 16.9 Å². The van der Waals surface area contributed by atoms with Crippen molar-refractivity contribution in [1.29, 1.82) is 0 Å². The van der Waals surface area contributed by atoms with E-state index in [2.05, 4.69) is 15.0 Å².